The molecule has 2 rings (SSSR count). The molecule has 0 N–H and O–H groups in total. The number of methoxy groups -OCH3 is 1. The fraction of sp³-hybridized carbons (Fsp3) is 0.111. The molecule has 0 aromatic heterocycles. The van der Waals surface area contributed by atoms with Crippen LogP contribution in [-0.2, 0) is 6.42 Å². The molecule has 0 bridgehead atoms. The summed E-state index contributed by atoms with van der Waals surface area (Å²) in [6, 6.07) is 18.3. The summed E-state index contributed by atoms with van der Waals surface area (Å²) in [5, 5.41) is 0. The van der Waals surface area contributed by atoms with Crippen LogP contribution in [0.3, 0.4) is 0 Å². The number of para-hydroxylation sites is 1. The van der Waals surface area contributed by atoms with Crippen molar-refractivity contribution in [3.05, 3.63) is 84.0 Å². The van der Waals surface area contributed by atoms with Crippen LogP contribution in [0.15, 0.2) is 72.8 Å². The highest BCUT2D eigenvalue weighted by molar-refractivity contribution is 5.59. The third-order valence-electron chi connectivity index (χ3n) is 2.91. The molecule has 0 amide bonds. The van der Waals surface area contributed by atoms with Crippen LogP contribution in [0, 0.1) is 0 Å². The third kappa shape index (κ3) is 3.85. The van der Waals surface area contributed by atoms with Gasteiger partial charge >= 0.3 is 0 Å². The predicted molar refractivity (Wildman–Crippen MR) is 81.3 cm³/mol. The Morgan fingerprint density at radius 1 is 1.05 bits per heavy atom. The molecular weight excluding hydrogens is 232 g/mol. The Morgan fingerprint density at radius 2 is 1.74 bits per heavy atom. The first-order chi connectivity index (χ1) is 9.29. The average molecular weight is 250 g/mol. The van der Waals surface area contributed by atoms with Crippen molar-refractivity contribution in [3.8, 4) is 5.75 Å². The van der Waals surface area contributed by atoms with Crippen LogP contribution in [0.2, 0.25) is 0 Å². The molecule has 0 aliphatic heterocycles. The lowest BCUT2D eigenvalue weighted by molar-refractivity contribution is 0.414. The van der Waals surface area contributed by atoms with Crippen molar-refractivity contribution in [1.29, 1.82) is 0 Å². The maximum absolute atomic E-state index is 5.31. The lowest BCUT2D eigenvalue weighted by Crippen LogP contribution is -1.87. The van der Waals surface area contributed by atoms with E-state index >= 15 is 0 Å². The maximum atomic E-state index is 5.31. The highest BCUT2D eigenvalue weighted by atomic mass is 16.5. The molecule has 2 aromatic carbocycles. The fourth-order valence-electron chi connectivity index (χ4n) is 1.93. The van der Waals surface area contributed by atoms with Gasteiger partial charge in [-0.2, -0.15) is 0 Å². The van der Waals surface area contributed by atoms with Crippen LogP contribution in [0.5, 0.6) is 5.75 Å². The van der Waals surface area contributed by atoms with Gasteiger partial charge in [0.2, 0.25) is 0 Å². The molecule has 1 heteroatoms. The van der Waals surface area contributed by atoms with E-state index in [-0.39, 0.29) is 0 Å². The van der Waals surface area contributed by atoms with Gasteiger partial charge in [-0.25, -0.2) is 0 Å². The smallest absolute Gasteiger partial charge is 0.126 e. The van der Waals surface area contributed by atoms with Crippen molar-refractivity contribution in [2.45, 2.75) is 6.42 Å². The summed E-state index contributed by atoms with van der Waals surface area (Å²) in [6.45, 7) is 4.09. The summed E-state index contributed by atoms with van der Waals surface area (Å²) in [4.78, 5) is 0. The first kappa shape index (κ1) is 13.2. The zero-order valence-electron chi connectivity index (χ0n) is 11.2. The van der Waals surface area contributed by atoms with Crippen molar-refractivity contribution in [3.63, 3.8) is 0 Å². The number of ether oxygens (including phenoxy) is 1. The van der Waals surface area contributed by atoms with Crippen LogP contribution in [0.1, 0.15) is 11.1 Å². The van der Waals surface area contributed by atoms with Crippen molar-refractivity contribution in [2.75, 3.05) is 7.11 Å². The van der Waals surface area contributed by atoms with E-state index in [0.29, 0.717) is 0 Å². The molecule has 0 fully saturated rings. The Hall–Kier alpha value is -2.28. The van der Waals surface area contributed by atoms with Crippen LogP contribution in [-0.4, -0.2) is 7.11 Å². The van der Waals surface area contributed by atoms with Crippen LogP contribution < -0.4 is 4.74 Å². The minimum atomic E-state index is 0.868. The molecule has 0 saturated carbocycles. The summed E-state index contributed by atoms with van der Waals surface area (Å²) in [7, 11) is 1.69. The van der Waals surface area contributed by atoms with Gasteiger partial charge in [-0.3, -0.25) is 0 Å². The predicted octanol–water partition coefficient (Wildman–Crippen LogP) is 4.51. The summed E-state index contributed by atoms with van der Waals surface area (Å²) >= 11 is 0. The summed E-state index contributed by atoms with van der Waals surface area (Å²) in [5.74, 6) is 0.881. The van der Waals surface area contributed by atoms with Gasteiger partial charge in [0.25, 0.3) is 0 Å². The van der Waals surface area contributed by atoms with E-state index in [4.69, 9.17) is 4.74 Å². The van der Waals surface area contributed by atoms with Crippen molar-refractivity contribution in [2.24, 2.45) is 0 Å². The van der Waals surface area contributed by atoms with Gasteiger partial charge < -0.3 is 4.74 Å². The minimum absolute atomic E-state index is 0.868. The Labute approximate surface area is 114 Å². The molecule has 0 saturated heterocycles. The van der Waals surface area contributed by atoms with Gasteiger partial charge in [-0.15, -0.1) is 0 Å². The van der Waals surface area contributed by atoms with Crippen LogP contribution in [0.25, 0.3) is 6.08 Å². The van der Waals surface area contributed by atoms with E-state index in [1.807, 2.05) is 54.6 Å². The summed E-state index contributed by atoms with van der Waals surface area (Å²) < 4.78 is 5.31. The molecule has 0 unspecified atom stereocenters. The quantitative estimate of drug-likeness (QED) is 0.709. The van der Waals surface area contributed by atoms with Crippen LogP contribution >= 0.6 is 0 Å². The molecule has 0 aliphatic rings. The highest BCUT2D eigenvalue weighted by Gasteiger charge is 1.97. The van der Waals surface area contributed by atoms with Gasteiger partial charge in [0, 0.05) is 5.56 Å². The Morgan fingerprint density at radius 3 is 2.47 bits per heavy atom. The molecular formula is C18H18O. The summed E-state index contributed by atoms with van der Waals surface area (Å²) in [5.41, 5.74) is 3.42. The normalized spacial score (nSPS) is 10.6. The third-order valence-corrected chi connectivity index (χ3v) is 2.91. The van der Waals surface area contributed by atoms with E-state index < -0.39 is 0 Å². The first-order valence-electron chi connectivity index (χ1n) is 6.32. The number of allylic oxidation sites excluding steroid dienone is 2. The topological polar surface area (TPSA) is 9.23 Å². The Bertz CT molecular complexity index is 567. The van der Waals surface area contributed by atoms with E-state index in [1.165, 1.54) is 5.56 Å². The molecule has 0 radical (unpaired) electrons. The van der Waals surface area contributed by atoms with Crippen LogP contribution in [0.4, 0.5) is 0 Å². The zero-order chi connectivity index (χ0) is 13.5. The second-order valence-electron chi connectivity index (χ2n) is 4.40. The molecule has 96 valence electrons. The number of benzene rings is 2. The van der Waals surface area contributed by atoms with Gasteiger partial charge in [-0.05, 0) is 18.1 Å². The second-order valence-corrected chi connectivity index (χ2v) is 4.40. The SMILES string of the molecule is C=C(/C=C/c1ccccc1OC)Cc1ccccc1. The number of rotatable bonds is 5. The Kier molecular flexibility index (Phi) is 4.57. The maximum Gasteiger partial charge on any atom is 0.126 e. The molecule has 2 aromatic rings. The number of hydrogen-bond acceptors (Lipinski definition) is 1. The van der Waals surface area contributed by atoms with E-state index in [1.54, 1.807) is 7.11 Å². The van der Waals surface area contributed by atoms with Gasteiger partial charge in [0.1, 0.15) is 5.75 Å². The lowest BCUT2D eigenvalue weighted by atomic mass is 10.1. The zero-order valence-corrected chi connectivity index (χ0v) is 11.2. The standard InChI is InChI=1S/C18H18O/c1-15(14-16-8-4-3-5-9-16)12-13-17-10-6-7-11-18(17)19-2/h3-13H,1,14H2,2H3/b13-12+. The monoisotopic (exact) mass is 250 g/mol. The van der Waals surface area contributed by atoms with Crippen molar-refractivity contribution in [1.82, 2.24) is 0 Å². The van der Waals surface area contributed by atoms with Gasteiger partial charge in [0.15, 0.2) is 0 Å². The molecule has 0 heterocycles. The lowest BCUT2D eigenvalue weighted by Gasteiger charge is -2.04. The van der Waals surface area contributed by atoms with Gasteiger partial charge in [0.05, 0.1) is 7.11 Å². The average Bonchev–Trinajstić information content (AvgIpc) is 2.46. The van der Waals surface area contributed by atoms with E-state index in [2.05, 4.69) is 18.7 Å². The molecule has 0 aliphatic carbocycles. The molecule has 0 atom stereocenters. The second kappa shape index (κ2) is 6.60. The van der Waals surface area contributed by atoms with Gasteiger partial charge in [-0.1, -0.05) is 72.8 Å². The van der Waals surface area contributed by atoms with Crippen molar-refractivity contribution >= 4 is 6.08 Å². The fourth-order valence-corrected chi connectivity index (χ4v) is 1.93. The number of hydrogen-bond donors (Lipinski definition) is 0. The van der Waals surface area contributed by atoms with Crippen molar-refractivity contribution < 1.29 is 4.74 Å². The largest absolute Gasteiger partial charge is 0.496 e. The molecule has 19 heavy (non-hydrogen) atoms. The van der Waals surface area contributed by atoms with E-state index in [9.17, 15) is 0 Å². The minimum Gasteiger partial charge on any atom is -0.496 e. The molecule has 1 nitrogen and oxygen atoms in total. The molecule has 0 spiro atoms. The first-order valence-corrected chi connectivity index (χ1v) is 6.32. The summed E-state index contributed by atoms with van der Waals surface area (Å²) in [6.07, 6.45) is 4.96. The highest BCUT2D eigenvalue weighted by Crippen LogP contribution is 2.19. The van der Waals surface area contributed by atoms with E-state index in [0.717, 1.165) is 23.3 Å². The Balaban J connectivity index is 2.04.